The van der Waals surface area contributed by atoms with Gasteiger partial charge < -0.3 is 24.9 Å². The molecule has 0 bridgehead atoms. The van der Waals surface area contributed by atoms with Crippen LogP contribution in [-0.4, -0.2) is 41.5 Å². The van der Waals surface area contributed by atoms with Crippen LogP contribution in [0.4, 0.5) is 10.5 Å². The van der Waals surface area contributed by atoms with E-state index in [-0.39, 0.29) is 19.2 Å². The van der Waals surface area contributed by atoms with Crippen LogP contribution in [0.5, 0.6) is 0 Å². The fourth-order valence-electron chi connectivity index (χ4n) is 2.27. The molecule has 1 aromatic carbocycles. The van der Waals surface area contributed by atoms with Gasteiger partial charge in [0.1, 0.15) is 11.1 Å². The van der Waals surface area contributed by atoms with E-state index in [2.05, 4.69) is 15.6 Å². The summed E-state index contributed by atoms with van der Waals surface area (Å²) in [6, 6.07) is 4.85. The molecule has 3 rings (SSSR count). The molecule has 7 heteroatoms. The molecule has 2 aromatic rings. The van der Waals surface area contributed by atoms with Crippen LogP contribution in [0.2, 0.25) is 0 Å². The van der Waals surface area contributed by atoms with Crippen LogP contribution in [0, 0.1) is 6.92 Å². The number of carbonyl (C=O) groups excluding carboxylic acids is 1. The number of rotatable bonds is 3. The number of nitrogens with one attached hydrogen (secondary N) is 2. The molecule has 3 N–H and O–H groups in total. The van der Waals surface area contributed by atoms with Crippen molar-refractivity contribution in [2.45, 2.75) is 18.9 Å². The van der Waals surface area contributed by atoms with Gasteiger partial charge in [0.15, 0.2) is 11.5 Å². The maximum atomic E-state index is 11.8. The number of oxazole rings is 1. The quantitative estimate of drug-likeness (QED) is 0.794. The molecule has 1 fully saturated rings. The molecule has 0 radical (unpaired) electrons. The van der Waals surface area contributed by atoms with E-state index in [0.29, 0.717) is 30.2 Å². The molecule has 1 aromatic heterocycles. The number of fused-ring (bicyclic) bond motifs is 1. The highest BCUT2D eigenvalue weighted by Gasteiger charge is 2.32. The first kappa shape index (κ1) is 13.8. The van der Waals surface area contributed by atoms with Gasteiger partial charge in [-0.05, 0) is 12.1 Å². The highest BCUT2D eigenvalue weighted by molar-refractivity contribution is 5.91. The summed E-state index contributed by atoms with van der Waals surface area (Å²) >= 11 is 0. The number of ether oxygens (including phenoxy) is 1. The molecule has 1 aliphatic heterocycles. The lowest BCUT2D eigenvalue weighted by Crippen LogP contribution is -2.44. The summed E-state index contributed by atoms with van der Waals surface area (Å²) < 4.78 is 10.5. The molecule has 1 unspecified atom stereocenters. The van der Waals surface area contributed by atoms with Crippen molar-refractivity contribution in [2.75, 3.05) is 25.1 Å². The first-order chi connectivity index (χ1) is 10.0. The SMILES string of the molecule is Cc1nc2ccc(NC(=O)NCC3(O)CCOC3)cc2o1. The van der Waals surface area contributed by atoms with Gasteiger partial charge in [0.05, 0.1) is 13.2 Å². The van der Waals surface area contributed by atoms with Crippen molar-refractivity contribution in [1.82, 2.24) is 10.3 Å². The predicted molar refractivity (Wildman–Crippen MR) is 76.2 cm³/mol. The highest BCUT2D eigenvalue weighted by Crippen LogP contribution is 2.20. The molecule has 1 atom stereocenters. The number of hydrogen-bond donors (Lipinski definition) is 3. The van der Waals surface area contributed by atoms with Gasteiger partial charge in [-0.25, -0.2) is 9.78 Å². The van der Waals surface area contributed by atoms with E-state index in [1.54, 1.807) is 25.1 Å². The predicted octanol–water partition coefficient (Wildman–Crippen LogP) is 1.41. The third-order valence-corrected chi connectivity index (χ3v) is 3.41. The van der Waals surface area contributed by atoms with Crippen LogP contribution in [0.15, 0.2) is 22.6 Å². The summed E-state index contributed by atoms with van der Waals surface area (Å²) in [4.78, 5) is 16.0. The van der Waals surface area contributed by atoms with Crippen molar-refractivity contribution in [3.8, 4) is 0 Å². The largest absolute Gasteiger partial charge is 0.441 e. The van der Waals surface area contributed by atoms with E-state index in [1.807, 2.05) is 0 Å². The zero-order valence-corrected chi connectivity index (χ0v) is 11.7. The number of aryl methyl sites for hydroxylation is 1. The van der Waals surface area contributed by atoms with Gasteiger partial charge in [-0.2, -0.15) is 0 Å². The van der Waals surface area contributed by atoms with Crippen molar-refractivity contribution in [3.05, 3.63) is 24.1 Å². The summed E-state index contributed by atoms with van der Waals surface area (Å²) in [6.45, 7) is 2.69. The Labute approximate surface area is 121 Å². The lowest BCUT2D eigenvalue weighted by atomic mass is 10.0. The number of aromatic nitrogens is 1. The third kappa shape index (κ3) is 3.14. The standard InChI is InChI=1S/C14H17N3O4/c1-9-16-11-3-2-10(6-12(11)21-9)17-13(18)15-7-14(19)4-5-20-8-14/h2-3,6,19H,4-5,7-8H2,1H3,(H2,15,17,18). The fraction of sp³-hybridized carbons (Fsp3) is 0.429. The lowest BCUT2D eigenvalue weighted by molar-refractivity contribution is 0.0295. The molecular weight excluding hydrogens is 274 g/mol. The lowest BCUT2D eigenvalue weighted by Gasteiger charge is -2.20. The van der Waals surface area contributed by atoms with Crippen LogP contribution >= 0.6 is 0 Å². The van der Waals surface area contributed by atoms with Gasteiger partial charge in [0, 0.05) is 31.7 Å². The maximum absolute atomic E-state index is 11.8. The molecule has 0 spiro atoms. The van der Waals surface area contributed by atoms with Crippen LogP contribution in [0.25, 0.3) is 11.1 Å². The van der Waals surface area contributed by atoms with Gasteiger partial charge in [-0.3, -0.25) is 0 Å². The van der Waals surface area contributed by atoms with Crippen LogP contribution < -0.4 is 10.6 Å². The Hall–Kier alpha value is -2.12. The number of benzene rings is 1. The monoisotopic (exact) mass is 291 g/mol. The second-order valence-electron chi connectivity index (χ2n) is 5.25. The summed E-state index contributed by atoms with van der Waals surface area (Å²) in [7, 11) is 0. The first-order valence-corrected chi connectivity index (χ1v) is 6.76. The minimum absolute atomic E-state index is 0.155. The van der Waals surface area contributed by atoms with Gasteiger partial charge in [0.2, 0.25) is 0 Å². The third-order valence-electron chi connectivity index (χ3n) is 3.41. The van der Waals surface area contributed by atoms with Crippen molar-refractivity contribution >= 4 is 22.8 Å². The van der Waals surface area contributed by atoms with Crippen molar-refractivity contribution in [3.63, 3.8) is 0 Å². The fourth-order valence-corrected chi connectivity index (χ4v) is 2.27. The van der Waals surface area contributed by atoms with E-state index in [4.69, 9.17) is 9.15 Å². The Bertz CT molecular complexity index is 661. The van der Waals surface area contributed by atoms with Crippen molar-refractivity contribution in [2.24, 2.45) is 0 Å². The zero-order valence-electron chi connectivity index (χ0n) is 11.7. The summed E-state index contributed by atoms with van der Waals surface area (Å²) in [5.74, 6) is 0.579. The van der Waals surface area contributed by atoms with Crippen LogP contribution in [0.1, 0.15) is 12.3 Å². The second kappa shape index (κ2) is 5.34. The molecule has 2 heterocycles. The van der Waals surface area contributed by atoms with Gasteiger partial charge in [-0.15, -0.1) is 0 Å². The molecule has 2 amide bonds. The van der Waals surface area contributed by atoms with Crippen molar-refractivity contribution < 1.29 is 19.1 Å². The van der Waals surface area contributed by atoms with Gasteiger partial charge in [-0.1, -0.05) is 0 Å². The van der Waals surface area contributed by atoms with E-state index in [0.717, 1.165) is 5.52 Å². The topological polar surface area (TPSA) is 96.6 Å². The number of carbonyl (C=O) groups is 1. The Kier molecular flexibility index (Phi) is 3.52. The Morgan fingerprint density at radius 2 is 2.38 bits per heavy atom. The second-order valence-corrected chi connectivity index (χ2v) is 5.25. The number of hydrogen-bond acceptors (Lipinski definition) is 5. The average molecular weight is 291 g/mol. The average Bonchev–Trinajstić information content (AvgIpc) is 3.02. The van der Waals surface area contributed by atoms with Crippen LogP contribution in [0.3, 0.4) is 0 Å². The molecule has 1 saturated heterocycles. The van der Waals surface area contributed by atoms with E-state index < -0.39 is 5.60 Å². The number of anilines is 1. The zero-order chi connectivity index (χ0) is 14.9. The highest BCUT2D eigenvalue weighted by atomic mass is 16.5. The molecule has 112 valence electrons. The van der Waals surface area contributed by atoms with E-state index >= 15 is 0 Å². The minimum atomic E-state index is -0.969. The molecule has 0 saturated carbocycles. The molecule has 1 aliphatic rings. The smallest absolute Gasteiger partial charge is 0.319 e. The summed E-state index contributed by atoms with van der Waals surface area (Å²) in [6.07, 6.45) is 0.524. The Balaban J connectivity index is 1.60. The minimum Gasteiger partial charge on any atom is -0.441 e. The first-order valence-electron chi connectivity index (χ1n) is 6.76. The Morgan fingerprint density at radius 3 is 3.14 bits per heavy atom. The number of nitrogens with zero attached hydrogens (tertiary/aromatic N) is 1. The van der Waals surface area contributed by atoms with Crippen LogP contribution in [-0.2, 0) is 4.74 Å². The molecule has 0 aliphatic carbocycles. The molecular formula is C14H17N3O4. The van der Waals surface area contributed by atoms with Crippen molar-refractivity contribution in [1.29, 1.82) is 0 Å². The normalized spacial score (nSPS) is 21.6. The maximum Gasteiger partial charge on any atom is 0.319 e. The van der Waals surface area contributed by atoms with E-state index in [1.165, 1.54) is 0 Å². The number of aliphatic hydroxyl groups is 1. The Morgan fingerprint density at radius 1 is 1.52 bits per heavy atom. The number of amides is 2. The van der Waals surface area contributed by atoms with Gasteiger partial charge in [0.25, 0.3) is 0 Å². The van der Waals surface area contributed by atoms with Gasteiger partial charge >= 0.3 is 6.03 Å². The molecule has 21 heavy (non-hydrogen) atoms. The number of urea groups is 1. The van der Waals surface area contributed by atoms with E-state index in [9.17, 15) is 9.90 Å². The summed E-state index contributed by atoms with van der Waals surface area (Å²) in [5.41, 5.74) is 0.999. The molecule has 7 nitrogen and oxygen atoms in total. The summed E-state index contributed by atoms with van der Waals surface area (Å²) in [5, 5.41) is 15.4.